The van der Waals surface area contributed by atoms with Gasteiger partial charge in [-0.1, -0.05) is 12.1 Å². The first kappa shape index (κ1) is 31.9. The normalized spacial score (nSPS) is 20.0. The number of likely N-dealkylation sites (tertiary alicyclic amines) is 1. The number of hydrogen-bond donors (Lipinski definition) is 1. The number of benzene rings is 2. The molecule has 3 aliphatic rings. The van der Waals surface area contributed by atoms with Crippen LogP contribution in [0.15, 0.2) is 42.7 Å². The van der Waals surface area contributed by atoms with Crippen molar-refractivity contribution in [1.29, 1.82) is 5.26 Å². The van der Waals surface area contributed by atoms with Gasteiger partial charge in [-0.15, -0.1) is 0 Å². The Balaban J connectivity index is 0.997. The van der Waals surface area contributed by atoms with E-state index in [1.807, 2.05) is 0 Å². The van der Waals surface area contributed by atoms with Crippen molar-refractivity contribution in [3.63, 3.8) is 0 Å². The average molecular weight is 645 g/mol. The fourth-order valence-electron chi connectivity index (χ4n) is 8.01. The zero-order valence-corrected chi connectivity index (χ0v) is 27.3. The lowest BCUT2D eigenvalue weighted by Gasteiger charge is -2.54. The number of nitrogens with zero attached hydrogens (tertiary/aromatic N) is 7. The van der Waals surface area contributed by atoms with Crippen molar-refractivity contribution in [3.8, 4) is 6.07 Å². The molecule has 0 amide bonds. The van der Waals surface area contributed by atoms with Gasteiger partial charge in [0.2, 0.25) is 0 Å². The van der Waals surface area contributed by atoms with E-state index in [1.165, 1.54) is 28.9 Å². The predicted molar refractivity (Wildman–Crippen MR) is 178 cm³/mol. The highest BCUT2D eigenvalue weighted by atomic mass is 19.4. The van der Waals surface area contributed by atoms with Gasteiger partial charge in [0, 0.05) is 67.0 Å². The molecule has 1 N–H and O–H groups in total. The first-order chi connectivity index (χ1) is 22.6. The number of nitriles is 1. The van der Waals surface area contributed by atoms with Crippen LogP contribution < -0.4 is 10.2 Å². The van der Waals surface area contributed by atoms with Gasteiger partial charge in [0.25, 0.3) is 0 Å². The third-order valence-corrected chi connectivity index (χ3v) is 10.8. The van der Waals surface area contributed by atoms with Gasteiger partial charge in [-0.3, -0.25) is 9.80 Å². The summed E-state index contributed by atoms with van der Waals surface area (Å²) in [5.74, 6) is 0.734. The number of rotatable bonds is 7. The Morgan fingerprint density at radius 1 is 1.00 bits per heavy atom. The van der Waals surface area contributed by atoms with Crippen LogP contribution in [0.5, 0.6) is 0 Å². The molecular formula is C36H43F3N8. The zero-order chi connectivity index (χ0) is 32.8. The van der Waals surface area contributed by atoms with Crippen LogP contribution in [0.25, 0.3) is 21.8 Å². The smallest absolute Gasteiger partial charge is 0.355 e. The summed E-state index contributed by atoms with van der Waals surface area (Å²) in [6.07, 6.45) is -0.399. The predicted octanol–water partition coefficient (Wildman–Crippen LogP) is 5.66. The van der Waals surface area contributed by atoms with Crippen LogP contribution in [0, 0.1) is 23.7 Å². The number of nitrogens with one attached hydrogen (secondary N) is 1. The monoisotopic (exact) mass is 644 g/mol. The lowest BCUT2D eigenvalue weighted by Crippen LogP contribution is -2.60. The molecule has 0 saturated carbocycles. The molecule has 3 saturated heterocycles. The number of alkyl halides is 3. The van der Waals surface area contributed by atoms with E-state index in [0.29, 0.717) is 16.9 Å². The van der Waals surface area contributed by atoms with Crippen LogP contribution in [0.2, 0.25) is 0 Å². The number of hydrogen-bond acceptors (Lipinski definition) is 7. The second kappa shape index (κ2) is 12.7. The molecule has 2 aromatic carbocycles. The largest absolute Gasteiger partial charge is 0.393 e. The van der Waals surface area contributed by atoms with Crippen LogP contribution in [-0.2, 0) is 19.5 Å². The molecule has 1 atom stereocenters. The topological polar surface area (TPSA) is 76.2 Å². The van der Waals surface area contributed by atoms with Crippen molar-refractivity contribution in [2.45, 2.75) is 64.8 Å². The van der Waals surface area contributed by atoms with E-state index in [1.54, 1.807) is 12.1 Å². The lowest BCUT2D eigenvalue weighted by atomic mass is 9.72. The summed E-state index contributed by atoms with van der Waals surface area (Å²) < 4.78 is 41.4. The maximum Gasteiger partial charge on any atom is 0.393 e. The standard InChI is InChI=1S/C36H43F3N8/c1-25(45-12-3-10-41-11-15-45)20-47-29(19-40)17-30-26(2)28(5-7-33(30)47)21-44-13-8-35(9-14-44)22-46(23-35)34-31-16-27(18-36(37,38)39)4-6-32(31)42-24-43-34/h4-7,16-17,24-25,41H,3,8-15,18,20-23H2,1-2H3. The average Bonchev–Trinajstić information content (AvgIpc) is 3.18. The molecule has 3 aliphatic heterocycles. The van der Waals surface area contributed by atoms with E-state index >= 15 is 0 Å². The quantitative estimate of drug-likeness (QED) is 0.279. The van der Waals surface area contributed by atoms with E-state index in [4.69, 9.17) is 0 Å². The summed E-state index contributed by atoms with van der Waals surface area (Å²) in [5, 5.41) is 15.4. The molecule has 11 heteroatoms. The van der Waals surface area contributed by atoms with Gasteiger partial charge in [0.15, 0.2) is 0 Å². The Hall–Kier alpha value is -3.72. The maximum absolute atomic E-state index is 13.1. The molecule has 8 nitrogen and oxygen atoms in total. The molecule has 0 aliphatic carbocycles. The summed E-state index contributed by atoms with van der Waals surface area (Å²) in [4.78, 5) is 16.1. The van der Waals surface area contributed by atoms with Crippen molar-refractivity contribution in [2.24, 2.45) is 5.41 Å². The minimum Gasteiger partial charge on any atom is -0.355 e. The molecular weight excluding hydrogens is 601 g/mol. The number of fused-ring (bicyclic) bond motifs is 2. The van der Waals surface area contributed by atoms with Crippen molar-refractivity contribution >= 4 is 27.6 Å². The second-order valence-corrected chi connectivity index (χ2v) is 14.0. The Labute approximate surface area is 274 Å². The molecule has 4 aromatic rings. The highest BCUT2D eigenvalue weighted by Crippen LogP contribution is 2.44. The van der Waals surface area contributed by atoms with E-state index < -0.39 is 12.6 Å². The second-order valence-electron chi connectivity index (χ2n) is 14.0. The van der Waals surface area contributed by atoms with Crippen molar-refractivity contribution in [3.05, 3.63) is 65.1 Å². The van der Waals surface area contributed by atoms with E-state index in [0.717, 1.165) is 102 Å². The Morgan fingerprint density at radius 3 is 2.57 bits per heavy atom. The molecule has 0 bridgehead atoms. The number of halogens is 3. The highest BCUT2D eigenvalue weighted by Gasteiger charge is 2.45. The summed E-state index contributed by atoms with van der Waals surface area (Å²) in [7, 11) is 0. The zero-order valence-electron chi connectivity index (χ0n) is 27.3. The maximum atomic E-state index is 13.1. The third kappa shape index (κ3) is 6.56. The fraction of sp³-hybridized carbons (Fsp3) is 0.528. The van der Waals surface area contributed by atoms with Crippen LogP contribution in [0.3, 0.4) is 0 Å². The summed E-state index contributed by atoms with van der Waals surface area (Å²) in [6, 6.07) is 14.1. The van der Waals surface area contributed by atoms with Crippen molar-refractivity contribution in [2.75, 3.05) is 57.3 Å². The van der Waals surface area contributed by atoms with Crippen LogP contribution in [0.4, 0.5) is 19.0 Å². The van der Waals surface area contributed by atoms with E-state index in [2.05, 4.69) is 72.7 Å². The summed E-state index contributed by atoms with van der Waals surface area (Å²) in [6.45, 7) is 14.0. The van der Waals surface area contributed by atoms with Gasteiger partial charge in [0.05, 0.1) is 11.9 Å². The number of aryl methyl sites for hydroxylation is 1. The minimum atomic E-state index is -4.25. The van der Waals surface area contributed by atoms with Gasteiger partial charge in [-0.25, -0.2) is 9.97 Å². The van der Waals surface area contributed by atoms with E-state index in [-0.39, 0.29) is 11.0 Å². The van der Waals surface area contributed by atoms with Crippen molar-refractivity contribution in [1.82, 2.24) is 29.7 Å². The first-order valence-corrected chi connectivity index (χ1v) is 16.9. The number of piperidine rings is 1. The van der Waals surface area contributed by atoms with Crippen LogP contribution >= 0.6 is 0 Å². The summed E-state index contributed by atoms with van der Waals surface area (Å²) >= 11 is 0. The molecule has 3 fully saturated rings. The Bertz CT molecular complexity index is 1780. The van der Waals surface area contributed by atoms with Gasteiger partial charge < -0.3 is 14.8 Å². The number of anilines is 1. The highest BCUT2D eigenvalue weighted by molar-refractivity contribution is 5.90. The Kier molecular flexibility index (Phi) is 8.62. The van der Waals surface area contributed by atoms with Crippen LogP contribution in [0.1, 0.15) is 48.6 Å². The molecule has 2 aromatic heterocycles. The molecule has 248 valence electrons. The summed E-state index contributed by atoms with van der Waals surface area (Å²) in [5.41, 5.74) is 5.53. The molecule has 47 heavy (non-hydrogen) atoms. The van der Waals surface area contributed by atoms with Gasteiger partial charge in [-0.05, 0) is 100 Å². The van der Waals surface area contributed by atoms with Crippen LogP contribution in [-0.4, -0.2) is 88.9 Å². The van der Waals surface area contributed by atoms with Gasteiger partial charge in [0.1, 0.15) is 23.9 Å². The molecule has 1 unspecified atom stereocenters. The van der Waals surface area contributed by atoms with E-state index in [9.17, 15) is 18.4 Å². The minimum absolute atomic E-state index is 0.204. The molecule has 7 rings (SSSR count). The fourth-order valence-corrected chi connectivity index (χ4v) is 8.01. The molecule has 5 heterocycles. The Morgan fingerprint density at radius 2 is 1.81 bits per heavy atom. The molecule has 0 radical (unpaired) electrons. The first-order valence-electron chi connectivity index (χ1n) is 16.9. The third-order valence-electron chi connectivity index (χ3n) is 10.8. The molecule has 1 spiro atoms. The number of aromatic nitrogens is 3. The van der Waals surface area contributed by atoms with Gasteiger partial charge >= 0.3 is 6.18 Å². The van der Waals surface area contributed by atoms with Gasteiger partial charge in [-0.2, -0.15) is 18.4 Å². The SMILES string of the molecule is Cc1c(CN2CCC3(CC2)CN(c2ncnc4ccc(CC(F)(F)F)cc24)C3)ccc2c1cc(C#N)n2CC(C)N1CCCNCC1. The lowest BCUT2D eigenvalue weighted by molar-refractivity contribution is -0.127. The van der Waals surface area contributed by atoms with Crippen molar-refractivity contribution < 1.29 is 13.2 Å².